The van der Waals surface area contributed by atoms with E-state index in [2.05, 4.69) is 4.90 Å². The van der Waals surface area contributed by atoms with Gasteiger partial charge in [-0.15, -0.1) is 12.4 Å². The summed E-state index contributed by atoms with van der Waals surface area (Å²) in [5.41, 5.74) is 0. The molecule has 0 aromatic heterocycles. The first kappa shape index (κ1) is 22.6. The Hall–Kier alpha value is -0.410. The van der Waals surface area contributed by atoms with Gasteiger partial charge in [-0.25, -0.2) is 0 Å². The van der Waals surface area contributed by atoms with Crippen molar-refractivity contribution in [1.82, 2.24) is 13.5 Å². The van der Waals surface area contributed by atoms with E-state index >= 15 is 0 Å². The molecule has 2 fully saturated rings. The summed E-state index contributed by atoms with van der Waals surface area (Å²) in [6.07, 6.45) is 7.13. The van der Waals surface area contributed by atoms with E-state index in [1.807, 2.05) is 0 Å². The molecule has 1 N–H and O–H groups in total. The van der Waals surface area contributed by atoms with Gasteiger partial charge in [-0.3, -0.25) is 4.79 Å². The molecule has 0 unspecified atom stereocenters. The maximum Gasteiger partial charge on any atom is 0.303 e. The average Bonchev–Trinajstić information content (AvgIpc) is 2.59. The van der Waals surface area contributed by atoms with E-state index in [9.17, 15) is 13.2 Å². The van der Waals surface area contributed by atoms with Gasteiger partial charge in [0, 0.05) is 45.7 Å². The van der Waals surface area contributed by atoms with Crippen molar-refractivity contribution in [2.24, 2.45) is 0 Å². The van der Waals surface area contributed by atoms with Crippen molar-refractivity contribution in [1.29, 1.82) is 0 Å². The molecule has 0 radical (unpaired) electrons. The van der Waals surface area contributed by atoms with Crippen LogP contribution >= 0.6 is 12.4 Å². The van der Waals surface area contributed by atoms with E-state index in [1.165, 1.54) is 6.42 Å². The molecule has 7 nitrogen and oxygen atoms in total. The molecule has 1 saturated carbocycles. The molecule has 148 valence electrons. The molecule has 0 spiro atoms. The number of carboxylic acids is 1. The number of hydrogen-bond acceptors (Lipinski definition) is 4. The second kappa shape index (κ2) is 10.7. The molecule has 2 aliphatic rings. The number of aliphatic carboxylic acids is 1. The topological polar surface area (TPSA) is 81.2 Å². The van der Waals surface area contributed by atoms with Crippen LogP contribution < -0.4 is 0 Å². The van der Waals surface area contributed by atoms with Crippen LogP contribution in [0.4, 0.5) is 0 Å². The van der Waals surface area contributed by atoms with Gasteiger partial charge >= 0.3 is 5.97 Å². The average molecular weight is 398 g/mol. The Labute approximate surface area is 157 Å². The van der Waals surface area contributed by atoms with Crippen LogP contribution in [0.3, 0.4) is 0 Å². The summed E-state index contributed by atoms with van der Waals surface area (Å²) in [6.45, 7) is 3.35. The zero-order chi connectivity index (χ0) is 17.6. The zero-order valence-corrected chi connectivity index (χ0v) is 16.7. The third-order valence-corrected chi connectivity index (χ3v) is 7.27. The second-order valence-corrected chi connectivity index (χ2v) is 8.90. The van der Waals surface area contributed by atoms with Crippen LogP contribution in [0, 0.1) is 0 Å². The normalized spacial score (nSPS) is 21.2. The Kier molecular flexibility index (Phi) is 9.66. The zero-order valence-electron chi connectivity index (χ0n) is 15.1. The lowest BCUT2D eigenvalue weighted by molar-refractivity contribution is -0.137. The summed E-state index contributed by atoms with van der Waals surface area (Å²) in [4.78, 5) is 12.7. The van der Waals surface area contributed by atoms with E-state index in [4.69, 9.17) is 5.11 Å². The third-order valence-electron chi connectivity index (χ3n) is 5.23. The molecule has 2 rings (SSSR count). The maximum absolute atomic E-state index is 12.8. The molecule has 0 bridgehead atoms. The lowest BCUT2D eigenvalue weighted by Crippen LogP contribution is -2.54. The molecular formula is C16H32ClN3O4S. The smallest absolute Gasteiger partial charge is 0.303 e. The fourth-order valence-corrected chi connectivity index (χ4v) is 5.19. The van der Waals surface area contributed by atoms with Gasteiger partial charge < -0.3 is 10.0 Å². The molecule has 0 amide bonds. The number of piperazine rings is 1. The Morgan fingerprint density at radius 1 is 1.08 bits per heavy atom. The minimum atomic E-state index is -3.36. The van der Waals surface area contributed by atoms with Crippen LogP contribution in [-0.2, 0) is 15.0 Å². The first-order valence-electron chi connectivity index (χ1n) is 9.08. The first-order valence-corrected chi connectivity index (χ1v) is 10.5. The summed E-state index contributed by atoms with van der Waals surface area (Å²) in [7, 11) is -1.63. The first-order chi connectivity index (χ1) is 11.4. The Balaban J connectivity index is 0.00000312. The van der Waals surface area contributed by atoms with Crippen molar-refractivity contribution < 1.29 is 18.3 Å². The highest BCUT2D eigenvalue weighted by Crippen LogP contribution is 2.25. The van der Waals surface area contributed by atoms with Gasteiger partial charge in [0.25, 0.3) is 10.2 Å². The van der Waals surface area contributed by atoms with E-state index in [-0.39, 0.29) is 24.9 Å². The highest BCUT2D eigenvalue weighted by molar-refractivity contribution is 7.86. The maximum atomic E-state index is 12.8. The summed E-state index contributed by atoms with van der Waals surface area (Å²) in [6, 6.07) is 0.151. The Morgan fingerprint density at radius 3 is 2.24 bits per heavy atom. The summed E-state index contributed by atoms with van der Waals surface area (Å²) in [5.74, 6) is -0.753. The largest absolute Gasteiger partial charge is 0.481 e. The molecule has 25 heavy (non-hydrogen) atoms. The minimum Gasteiger partial charge on any atom is -0.481 e. The monoisotopic (exact) mass is 397 g/mol. The van der Waals surface area contributed by atoms with Crippen LogP contribution in [0.25, 0.3) is 0 Å². The highest BCUT2D eigenvalue weighted by Gasteiger charge is 2.34. The number of halogens is 1. The fourth-order valence-electron chi connectivity index (χ4n) is 3.61. The molecule has 0 atom stereocenters. The van der Waals surface area contributed by atoms with Gasteiger partial charge in [0.2, 0.25) is 0 Å². The molecule has 1 saturated heterocycles. The molecule has 0 aromatic rings. The van der Waals surface area contributed by atoms with Crippen molar-refractivity contribution in [3.8, 4) is 0 Å². The number of rotatable bonds is 8. The van der Waals surface area contributed by atoms with Crippen molar-refractivity contribution in [2.75, 3.05) is 39.8 Å². The number of hydrogen-bond donors (Lipinski definition) is 1. The minimum absolute atomic E-state index is 0. The number of carboxylic acid groups (broad SMARTS) is 1. The number of carbonyl (C=O) groups is 1. The van der Waals surface area contributed by atoms with Gasteiger partial charge in [-0.05, 0) is 32.2 Å². The molecular weight excluding hydrogens is 366 g/mol. The highest BCUT2D eigenvalue weighted by atomic mass is 35.5. The van der Waals surface area contributed by atoms with Gasteiger partial charge in [-0.1, -0.05) is 19.3 Å². The van der Waals surface area contributed by atoms with E-state index < -0.39 is 16.2 Å². The predicted molar refractivity (Wildman–Crippen MR) is 100 cm³/mol. The van der Waals surface area contributed by atoms with Gasteiger partial charge in [0.05, 0.1) is 0 Å². The van der Waals surface area contributed by atoms with Crippen LogP contribution in [-0.4, -0.2) is 78.8 Å². The molecule has 0 aromatic carbocycles. The van der Waals surface area contributed by atoms with Crippen LogP contribution in [0.1, 0.15) is 51.4 Å². The fraction of sp³-hybridized carbons (Fsp3) is 0.938. The number of unbranched alkanes of at least 4 members (excludes halogenated alkanes) is 1. The van der Waals surface area contributed by atoms with Gasteiger partial charge in [-0.2, -0.15) is 17.0 Å². The second-order valence-electron chi connectivity index (χ2n) is 6.91. The van der Waals surface area contributed by atoms with Crippen LogP contribution in [0.2, 0.25) is 0 Å². The lowest BCUT2D eigenvalue weighted by Gasteiger charge is -2.38. The van der Waals surface area contributed by atoms with Crippen molar-refractivity contribution in [3.63, 3.8) is 0 Å². The van der Waals surface area contributed by atoms with Crippen molar-refractivity contribution in [2.45, 2.75) is 57.4 Å². The number of nitrogens with zero attached hydrogens (tertiary/aromatic N) is 3. The standard InChI is InChI=1S/C16H31N3O4S.ClH/c1-17(15-7-3-2-4-8-15)24(22,23)19-13-11-18(12-14-19)10-6-5-9-16(20)21;/h15H,2-14H2,1H3,(H,20,21);1H. The molecule has 1 aliphatic carbocycles. The predicted octanol–water partition coefficient (Wildman–Crippen LogP) is 1.79. The van der Waals surface area contributed by atoms with Crippen molar-refractivity contribution >= 4 is 28.6 Å². The van der Waals surface area contributed by atoms with Gasteiger partial charge in [0.15, 0.2) is 0 Å². The summed E-state index contributed by atoms with van der Waals surface area (Å²) in [5, 5.41) is 8.64. The Bertz CT molecular complexity index is 504. The summed E-state index contributed by atoms with van der Waals surface area (Å²) >= 11 is 0. The SMILES string of the molecule is CN(C1CCCCC1)S(=O)(=O)N1CCN(CCCCC(=O)O)CC1.Cl. The quantitative estimate of drug-likeness (QED) is 0.631. The van der Waals surface area contributed by atoms with Crippen molar-refractivity contribution in [3.05, 3.63) is 0 Å². The van der Waals surface area contributed by atoms with E-state index in [0.29, 0.717) is 19.5 Å². The van der Waals surface area contributed by atoms with Crippen LogP contribution in [0.15, 0.2) is 0 Å². The summed E-state index contributed by atoms with van der Waals surface area (Å²) < 4.78 is 28.8. The van der Waals surface area contributed by atoms with Crippen LogP contribution in [0.5, 0.6) is 0 Å². The third kappa shape index (κ3) is 6.67. The van der Waals surface area contributed by atoms with E-state index in [1.54, 1.807) is 15.7 Å². The Morgan fingerprint density at radius 2 is 1.68 bits per heavy atom. The van der Waals surface area contributed by atoms with Gasteiger partial charge in [0.1, 0.15) is 0 Å². The molecule has 1 aliphatic heterocycles. The lowest BCUT2D eigenvalue weighted by atomic mass is 9.96. The van der Waals surface area contributed by atoms with E-state index in [0.717, 1.165) is 51.7 Å². The molecule has 1 heterocycles. The molecule has 9 heteroatoms.